The fourth-order valence-corrected chi connectivity index (χ4v) is 2.32. The van der Waals surface area contributed by atoms with E-state index >= 15 is 0 Å². The molecule has 0 aromatic rings. The molecule has 0 aromatic heterocycles. The zero-order chi connectivity index (χ0) is 10.9. The molecule has 1 unspecified atom stereocenters. The highest BCUT2D eigenvalue weighted by Crippen LogP contribution is 2.20. The summed E-state index contributed by atoms with van der Waals surface area (Å²) in [7, 11) is 0. The third-order valence-electron chi connectivity index (χ3n) is 3.24. The van der Waals surface area contributed by atoms with Crippen LogP contribution < -0.4 is 5.32 Å². The summed E-state index contributed by atoms with van der Waals surface area (Å²) in [5, 5.41) is 3.43. The first-order chi connectivity index (χ1) is 7.33. The lowest BCUT2D eigenvalue weighted by molar-refractivity contribution is 0.0257. The summed E-state index contributed by atoms with van der Waals surface area (Å²) in [5.74, 6) is 0. The number of nitrogens with one attached hydrogen (secondary N) is 1. The minimum absolute atomic E-state index is 0.577. The monoisotopic (exact) mass is 213 g/mol. The molecule has 15 heavy (non-hydrogen) atoms. The van der Waals surface area contributed by atoms with Crippen LogP contribution in [0.1, 0.15) is 58.8 Å². The van der Waals surface area contributed by atoms with Gasteiger partial charge in [0.15, 0.2) is 0 Å². The fourth-order valence-electron chi connectivity index (χ4n) is 2.32. The molecule has 0 saturated heterocycles. The van der Waals surface area contributed by atoms with E-state index in [1.807, 2.05) is 0 Å². The second-order valence-electron chi connectivity index (χ2n) is 4.73. The third kappa shape index (κ3) is 6.16. The lowest BCUT2D eigenvalue weighted by atomic mass is 9.98. The molecule has 1 N–H and O–H groups in total. The second kappa shape index (κ2) is 8.12. The average Bonchev–Trinajstić information content (AvgIpc) is 2.26. The highest BCUT2D eigenvalue weighted by Gasteiger charge is 2.13. The largest absolute Gasteiger partial charge is 0.378 e. The molecular weight excluding hydrogens is 186 g/mol. The number of hydrogen-bond acceptors (Lipinski definition) is 2. The van der Waals surface area contributed by atoms with E-state index in [1.54, 1.807) is 0 Å². The minimum atomic E-state index is 0.577. The highest BCUT2D eigenvalue weighted by atomic mass is 16.5. The van der Waals surface area contributed by atoms with Crippen LogP contribution in [-0.2, 0) is 4.74 Å². The van der Waals surface area contributed by atoms with Crippen molar-refractivity contribution >= 4 is 0 Å². The van der Waals surface area contributed by atoms with Gasteiger partial charge in [0.25, 0.3) is 0 Å². The Balaban J connectivity index is 1.91. The van der Waals surface area contributed by atoms with Crippen molar-refractivity contribution in [3.8, 4) is 0 Å². The van der Waals surface area contributed by atoms with Crippen LogP contribution >= 0.6 is 0 Å². The molecule has 2 heteroatoms. The summed E-state index contributed by atoms with van der Waals surface area (Å²) in [6, 6.07) is 0.643. The minimum Gasteiger partial charge on any atom is -0.378 e. The van der Waals surface area contributed by atoms with E-state index < -0.39 is 0 Å². The molecule has 0 heterocycles. The molecule has 0 aromatic carbocycles. The van der Waals surface area contributed by atoms with Crippen molar-refractivity contribution in [2.24, 2.45) is 0 Å². The van der Waals surface area contributed by atoms with E-state index in [1.165, 1.54) is 44.9 Å². The molecule has 0 amide bonds. The van der Waals surface area contributed by atoms with Gasteiger partial charge >= 0.3 is 0 Å². The van der Waals surface area contributed by atoms with Crippen LogP contribution in [0, 0.1) is 0 Å². The molecule has 1 aliphatic rings. The predicted octanol–water partition coefficient (Wildman–Crippen LogP) is 3.11. The van der Waals surface area contributed by atoms with E-state index in [2.05, 4.69) is 19.2 Å². The predicted molar refractivity (Wildman–Crippen MR) is 65.2 cm³/mol. The standard InChI is InChI=1S/C13H27NO/c1-3-14-12(2)8-7-11-15-13-9-5-4-6-10-13/h12-14H,3-11H2,1-2H3. The van der Waals surface area contributed by atoms with Crippen LogP contribution in [0.25, 0.3) is 0 Å². The van der Waals surface area contributed by atoms with E-state index in [9.17, 15) is 0 Å². The van der Waals surface area contributed by atoms with E-state index in [0.29, 0.717) is 12.1 Å². The lowest BCUT2D eigenvalue weighted by Crippen LogP contribution is -2.26. The summed E-state index contributed by atoms with van der Waals surface area (Å²) in [4.78, 5) is 0. The lowest BCUT2D eigenvalue weighted by Gasteiger charge is -2.22. The molecule has 1 aliphatic carbocycles. The first-order valence-electron chi connectivity index (χ1n) is 6.68. The maximum absolute atomic E-state index is 5.88. The molecule has 0 spiro atoms. The van der Waals surface area contributed by atoms with Crippen molar-refractivity contribution in [3.63, 3.8) is 0 Å². The molecule has 1 rings (SSSR count). The van der Waals surface area contributed by atoms with Gasteiger partial charge in [0, 0.05) is 12.6 Å². The third-order valence-corrected chi connectivity index (χ3v) is 3.24. The van der Waals surface area contributed by atoms with Gasteiger partial charge in [0.05, 0.1) is 6.10 Å². The molecular formula is C13H27NO. The summed E-state index contributed by atoms with van der Waals surface area (Å²) >= 11 is 0. The van der Waals surface area contributed by atoms with Gasteiger partial charge in [-0.15, -0.1) is 0 Å². The van der Waals surface area contributed by atoms with Crippen molar-refractivity contribution in [2.45, 2.75) is 70.9 Å². The SMILES string of the molecule is CCNC(C)CCCOC1CCCCC1. The van der Waals surface area contributed by atoms with Crippen LogP contribution in [0.4, 0.5) is 0 Å². The molecule has 1 atom stereocenters. The summed E-state index contributed by atoms with van der Waals surface area (Å²) < 4.78 is 5.88. The van der Waals surface area contributed by atoms with Crippen molar-refractivity contribution < 1.29 is 4.74 Å². The van der Waals surface area contributed by atoms with Crippen LogP contribution in [-0.4, -0.2) is 25.3 Å². The van der Waals surface area contributed by atoms with Crippen LogP contribution in [0.3, 0.4) is 0 Å². The topological polar surface area (TPSA) is 21.3 Å². The van der Waals surface area contributed by atoms with Crippen molar-refractivity contribution in [1.82, 2.24) is 5.32 Å². The zero-order valence-electron chi connectivity index (χ0n) is 10.4. The Morgan fingerprint density at radius 2 is 2.00 bits per heavy atom. The quantitative estimate of drug-likeness (QED) is 0.656. The Labute approximate surface area is 94.8 Å². The smallest absolute Gasteiger partial charge is 0.0575 e. The first kappa shape index (κ1) is 13.0. The van der Waals surface area contributed by atoms with E-state index in [0.717, 1.165) is 13.2 Å². The first-order valence-corrected chi connectivity index (χ1v) is 6.68. The van der Waals surface area contributed by atoms with Gasteiger partial charge < -0.3 is 10.1 Å². The number of ether oxygens (including phenoxy) is 1. The molecule has 1 fully saturated rings. The Hall–Kier alpha value is -0.0800. The van der Waals surface area contributed by atoms with Gasteiger partial charge in [0.2, 0.25) is 0 Å². The molecule has 0 bridgehead atoms. The van der Waals surface area contributed by atoms with Crippen molar-refractivity contribution in [1.29, 1.82) is 0 Å². The van der Waals surface area contributed by atoms with Crippen LogP contribution in [0.15, 0.2) is 0 Å². The van der Waals surface area contributed by atoms with Crippen LogP contribution in [0.2, 0.25) is 0 Å². The summed E-state index contributed by atoms with van der Waals surface area (Å²) in [6.45, 7) is 6.45. The maximum atomic E-state index is 5.88. The average molecular weight is 213 g/mol. The Morgan fingerprint density at radius 1 is 1.27 bits per heavy atom. The highest BCUT2D eigenvalue weighted by molar-refractivity contribution is 4.65. The maximum Gasteiger partial charge on any atom is 0.0575 e. The van der Waals surface area contributed by atoms with E-state index in [4.69, 9.17) is 4.74 Å². The van der Waals surface area contributed by atoms with Gasteiger partial charge in [-0.2, -0.15) is 0 Å². The Bertz CT molecular complexity index is 143. The van der Waals surface area contributed by atoms with Gasteiger partial charge in [-0.05, 0) is 39.2 Å². The molecule has 1 saturated carbocycles. The summed E-state index contributed by atoms with van der Waals surface area (Å²) in [5.41, 5.74) is 0. The molecule has 0 aliphatic heterocycles. The van der Waals surface area contributed by atoms with Gasteiger partial charge in [-0.1, -0.05) is 26.2 Å². The molecule has 0 radical (unpaired) electrons. The number of rotatable bonds is 7. The normalized spacial score (nSPS) is 20.4. The molecule has 90 valence electrons. The zero-order valence-corrected chi connectivity index (χ0v) is 10.4. The summed E-state index contributed by atoms with van der Waals surface area (Å²) in [6.07, 6.45) is 9.76. The Kier molecular flexibility index (Phi) is 7.03. The molecule has 2 nitrogen and oxygen atoms in total. The number of hydrogen-bond donors (Lipinski definition) is 1. The fraction of sp³-hybridized carbons (Fsp3) is 1.00. The van der Waals surface area contributed by atoms with Gasteiger partial charge in [-0.25, -0.2) is 0 Å². The van der Waals surface area contributed by atoms with Gasteiger partial charge in [-0.3, -0.25) is 0 Å². The second-order valence-corrected chi connectivity index (χ2v) is 4.73. The Morgan fingerprint density at radius 3 is 2.67 bits per heavy atom. The van der Waals surface area contributed by atoms with Crippen LogP contribution in [0.5, 0.6) is 0 Å². The van der Waals surface area contributed by atoms with Gasteiger partial charge in [0.1, 0.15) is 0 Å². The van der Waals surface area contributed by atoms with Crippen molar-refractivity contribution in [3.05, 3.63) is 0 Å². The van der Waals surface area contributed by atoms with E-state index in [-0.39, 0.29) is 0 Å². The van der Waals surface area contributed by atoms with Crippen molar-refractivity contribution in [2.75, 3.05) is 13.2 Å².